The van der Waals surface area contributed by atoms with Gasteiger partial charge in [-0.15, -0.1) is 0 Å². The molecular formula is C16H26N2. The van der Waals surface area contributed by atoms with Gasteiger partial charge in [0.1, 0.15) is 0 Å². The van der Waals surface area contributed by atoms with Gasteiger partial charge in [0, 0.05) is 24.8 Å². The fourth-order valence-corrected chi connectivity index (χ4v) is 3.24. The topological polar surface area (TPSA) is 29.3 Å². The number of hydrogen-bond acceptors (Lipinski definition) is 2. The third-order valence-electron chi connectivity index (χ3n) is 4.09. The fraction of sp³-hybridized carbons (Fsp3) is 0.625. The molecule has 0 aliphatic carbocycles. The van der Waals surface area contributed by atoms with E-state index in [1.165, 1.54) is 25.1 Å². The largest absolute Gasteiger partial charge is 0.399 e. The van der Waals surface area contributed by atoms with Crippen LogP contribution in [0.3, 0.4) is 0 Å². The zero-order valence-electron chi connectivity index (χ0n) is 11.9. The summed E-state index contributed by atoms with van der Waals surface area (Å²) in [5, 5.41) is 0. The van der Waals surface area contributed by atoms with Crippen molar-refractivity contribution in [3.63, 3.8) is 0 Å². The average Bonchev–Trinajstić information content (AvgIpc) is 2.31. The zero-order chi connectivity index (χ0) is 13.1. The summed E-state index contributed by atoms with van der Waals surface area (Å²) in [5.41, 5.74) is 8.26. The van der Waals surface area contributed by atoms with E-state index in [9.17, 15) is 0 Å². The summed E-state index contributed by atoms with van der Waals surface area (Å²) in [6, 6.07) is 8.83. The highest BCUT2D eigenvalue weighted by atomic mass is 15.2. The monoisotopic (exact) mass is 246 g/mol. The van der Waals surface area contributed by atoms with E-state index in [1.54, 1.807) is 0 Å². The van der Waals surface area contributed by atoms with Gasteiger partial charge in [-0.1, -0.05) is 32.0 Å². The molecule has 3 atom stereocenters. The predicted molar refractivity (Wildman–Crippen MR) is 78.5 cm³/mol. The molecule has 1 fully saturated rings. The number of nitrogens with two attached hydrogens (primary N) is 1. The Morgan fingerprint density at radius 1 is 1.22 bits per heavy atom. The maximum absolute atomic E-state index is 6.03. The average molecular weight is 246 g/mol. The molecule has 18 heavy (non-hydrogen) atoms. The quantitative estimate of drug-likeness (QED) is 0.830. The molecule has 0 bridgehead atoms. The molecule has 2 N–H and O–H groups in total. The molecule has 0 amide bonds. The van der Waals surface area contributed by atoms with Crippen molar-refractivity contribution >= 4 is 5.69 Å². The van der Waals surface area contributed by atoms with Crippen LogP contribution in [0.5, 0.6) is 0 Å². The number of likely N-dealkylation sites (tertiary alicyclic amines) is 1. The van der Waals surface area contributed by atoms with E-state index in [-0.39, 0.29) is 0 Å². The Balaban J connectivity index is 1.99. The lowest BCUT2D eigenvalue weighted by molar-refractivity contribution is 0.103. The smallest absolute Gasteiger partial charge is 0.0347 e. The molecule has 2 nitrogen and oxygen atoms in total. The van der Waals surface area contributed by atoms with Crippen LogP contribution in [0.15, 0.2) is 24.3 Å². The summed E-state index contributed by atoms with van der Waals surface area (Å²) in [4.78, 5) is 2.63. The van der Waals surface area contributed by atoms with Gasteiger partial charge in [0.25, 0.3) is 0 Å². The standard InChI is InChI=1S/C16H26N2/c1-12-8-13(2)11-18(10-12)14(3)9-15-6-4-5-7-16(15)17/h4-7,12-14H,8-11,17H2,1-3H3. The van der Waals surface area contributed by atoms with Crippen LogP contribution in [0.2, 0.25) is 0 Å². The Hall–Kier alpha value is -1.02. The number of anilines is 1. The van der Waals surface area contributed by atoms with Crippen LogP contribution in [0.1, 0.15) is 32.8 Å². The molecule has 100 valence electrons. The number of hydrogen-bond donors (Lipinski definition) is 1. The van der Waals surface area contributed by atoms with E-state index in [0.717, 1.165) is 23.9 Å². The van der Waals surface area contributed by atoms with Crippen molar-refractivity contribution in [2.24, 2.45) is 11.8 Å². The summed E-state index contributed by atoms with van der Waals surface area (Å²) in [6.45, 7) is 9.53. The number of rotatable bonds is 3. The van der Waals surface area contributed by atoms with Crippen LogP contribution in [0.4, 0.5) is 5.69 Å². The third kappa shape index (κ3) is 3.26. The van der Waals surface area contributed by atoms with Crippen LogP contribution in [0, 0.1) is 11.8 Å². The third-order valence-corrected chi connectivity index (χ3v) is 4.09. The molecule has 0 radical (unpaired) electrons. The lowest BCUT2D eigenvalue weighted by Gasteiger charge is -2.39. The summed E-state index contributed by atoms with van der Waals surface area (Å²) in [6.07, 6.45) is 2.43. The molecule has 0 spiro atoms. The second-order valence-corrected chi connectivity index (χ2v) is 6.15. The molecule has 1 saturated heterocycles. The Labute approximate surface area is 111 Å². The Morgan fingerprint density at radius 3 is 2.44 bits per heavy atom. The number of piperidine rings is 1. The minimum atomic E-state index is 0.583. The number of benzene rings is 1. The summed E-state index contributed by atoms with van der Waals surface area (Å²) in [7, 11) is 0. The zero-order valence-corrected chi connectivity index (χ0v) is 11.9. The highest BCUT2D eigenvalue weighted by Crippen LogP contribution is 2.24. The summed E-state index contributed by atoms with van der Waals surface area (Å²) < 4.78 is 0. The molecule has 1 heterocycles. The maximum atomic E-state index is 6.03. The van der Waals surface area contributed by atoms with E-state index in [1.807, 2.05) is 12.1 Å². The summed E-state index contributed by atoms with van der Waals surface area (Å²) >= 11 is 0. The van der Waals surface area contributed by atoms with Gasteiger partial charge in [0.15, 0.2) is 0 Å². The van der Waals surface area contributed by atoms with Gasteiger partial charge in [-0.3, -0.25) is 4.90 Å². The molecule has 2 heteroatoms. The van der Waals surface area contributed by atoms with Crippen LogP contribution >= 0.6 is 0 Å². The van der Waals surface area contributed by atoms with E-state index < -0.39 is 0 Å². The Morgan fingerprint density at radius 2 is 1.83 bits per heavy atom. The lowest BCUT2D eigenvalue weighted by atomic mass is 9.90. The molecule has 1 aliphatic rings. The first-order chi connectivity index (χ1) is 8.56. The van der Waals surface area contributed by atoms with Gasteiger partial charge in [-0.25, -0.2) is 0 Å². The normalized spacial score (nSPS) is 27.1. The van der Waals surface area contributed by atoms with Gasteiger partial charge in [0.05, 0.1) is 0 Å². The molecule has 1 aromatic rings. The number of para-hydroxylation sites is 1. The number of nitrogen functional groups attached to an aromatic ring is 1. The predicted octanol–water partition coefficient (Wildman–Crippen LogP) is 3.18. The maximum Gasteiger partial charge on any atom is 0.0347 e. The van der Waals surface area contributed by atoms with E-state index in [2.05, 4.69) is 37.8 Å². The lowest BCUT2D eigenvalue weighted by Crippen LogP contribution is -2.44. The minimum absolute atomic E-state index is 0.583. The molecule has 3 unspecified atom stereocenters. The second-order valence-electron chi connectivity index (χ2n) is 6.15. The van der Waals surface area contributed by atoms with Gasteiger partial charge in [0.2, 0.25) is 0 Å². The SMILES string of the molecule is CC1CC(C)CN(C(C)Cc2ccccc2N)C1. The van der Waals surface area contributed by atoms with Gasteiger partial charge >= 0.3 is 0 Å². The Kier molecular flexibility index (Phi) is 4.28. The van der Waals surface area contributed by atoms with Crippen LogP contribution in [0.25, 0.3) is 0 Å². The molecular weight excluding hydrogens is 220 g/mol. The van der Waals surface area contributed by atoms with Gasteiger partial charge in [-0.2, -0.15) is 0 Å². The minimum Gasteiger partial charge on any atom is -0.399 e. The van der Waals surface area contributed by atoms with E-state index >= 15 is 0 Å². The Bertz CT molecular complexity index is 378. The first kappa shape index (κ1) is 13.4. The van der Waals surface area contributed by atoms with Crippen LogP contribution in [-0.2, 0) is 6.42 Å². The molecule has 0 aromatic heterocycles. The van der Waals surface area contributed by atoms with Crippen molar-refractivity contribution in [1.82, 2.24) is 4.90 Å². The molecule has 2 rings (SSSR count). The highest BCUT2D eigenvalue weighted by molar-refractivity contribution is 5.46. The first-order valence-electron chi connectivity index (χ1n) is 7.13. The fourth-order valence-electron chi connectivity index (χ4n) is 3.24. The summed E-state index contributed by atoms with van der Waals surface area (Å²) in [5.74, 6) is 1.65. The van der Waals surface area contributed by atoms with Crippen molar-refractivity contribution in [2.45, 2.75) is 39.7 Å². The van der Waals surface area contributed by atoms with Crippen LogP contribution < -0.4 is 5.73 Å². The van der Waals surface area contributed by atoms with Gasteiger partial charge < -0.3 is 5.73 Å². The van der Waals surface area contributed by atoms with Gasteiger partial charge in [-0.05, 0) is 43.2 Å². The molecule has 1 aliphatic heterocycles. The molecule has 0 saturated carbocycles. The van der Waals surface area contributed by atoms with E-state index in [0.29, 0.717) is 6.04 Å². The van der Waals surface area contributed by atoms with Crippen molar-refractivity contribution in [2.75, 3.05) is 18.8 Å². The van der Waals surface area contributed by atoms with Crippen molar-refractivity contribution < 1.29 is 0 Å². The van der Waals surface area contributed by atoms with Crippen molar-refractivity contribution in [1.29, 1.82) is 0 Å². The van der Waals surface area contributed by atoms with E-state index in [4.69, 9.17) is 5.73 Å². The molecule has 1 aromatic carbocycles. The van der Waals surface area contributed by atoms with Crippen molar-refractivity contribution in [3.8, 4) is 0 Å². The van der Waals surface area contributed by atoms with Crippen LogP contribution in [-0.4, -0.2) is 24.0 Å². The highest BCUT2D eigenvalue weighted by Gasteiger charge is 2.25. The number of nitrogens with zero attached hydrogens (tertiary/aromatic N) is 1. The second kappa shape index (κ2) is 5.75. The first-order valence-corrected chi connectivity index (χ1v) is 7.13. The van der Waals surface area contributed by atoms with Crippen molar-refractivity contribution in [3.05, 3.63) is 29.8 Å².